The van der Waals surface area contributed by atoms with E-state index in [0.29, 0.717) is 23.0 Å². The van der Waals surface area contributed by atoms with E-state index < -0.39 is 0 Å². The molecule has 1 aliphatic heterocycles. The van der Waals surface area contributed by atoms with Gasteiger partial charge in [0, 0.05) is 18.0 Å². The van der Waals surface area contributed by atoms with Gasteiger partial charge in [0.2, 0.25) is 0 Å². The third-order valence-corrected chi connectivity index (χ3v) is 5.31. The number of carbonyl (C=O) groups is 1. The van der Waals surface area contributed by atoms with Crippen molar-refractivity contribution in [2.24, 2.45) is 0 Å². The van der Waals surface area contributed by atoms with Crippen LogP contribution in [0.1, 0.15) is 42.2 Å². The Morgan fingerprint density at radius 2 is 1.74 bits per heavy atom. The lowest BCUT2D eigenvalue weighted by Crippen LogP contribution is -2.43. The zero-order valence-electron chi connectivity index (χ0n) is 15.5. The highest BCUT2D eigenvalue weighted by molar-refractivity contribution is 6.04. The quantitative estimate of drug-likeness (QED) is 0.718. The van der Waals surface area contributed by atoms with Crippen molar-refractivity contribution in [1.82, 2.24) is 14.7 Å². The van der Waals surface area contributed by atoms with Gasteiger partial charge in [0.25, 0.3) is 11.5 Å². The number of benzene rings is 2. The first-order chi connectivity index (χ1) is 13.1. The molecule has 27 heavy (non-hydrogen) atoms. The SMILES string of the molecule is C[C@@H]1CCCCN1C(=O)c1nn(Cc2ccccc2)c(=O)c2ccccc12. The van der Waals surface area contributed by atoms with Crippen molar-refractivity contribution < 1.29 is 4.79 Å². The molecule has 0 N–H and O–H groups in total. The first-order valence-corrected chi connectivity index (χ1v) is 9.50. The number of rotatable bonds is 3. The highest BCUT2D eigenvalue weighted by Crippen LogP contribution is 2.22. The van der Waals surface area contributed by atoms with Crippen LogP contribution in [0.2, 0.25) is 0 Å². The van der Waals surface area contributed by atoms with Crippen molar-refractivity contribution in [3.8, 4) is 0 Å². The molecule has 1 saturated heterocycles. The number of hydrogen-bond acceptors (Lipinski definition) is 3. The smallest absolute Gasteiger partial charge is 0.275 e. The monoisotopic (exact) mass is 361 g/mol. The molecule has 2 aromatic carbocycles. The average Bonchev–Trinajstić information content (AvgIpc) is 2.71. The van der Waals surface area contributed by atoms with Crippen molar-refractivity contribution in [2.45, 2.75) is 38.8 Å². The standard InChI is InChI=1S/C22H23N3O2/c1-16-9-7-8-14-24(16)22(27)20-18-12-5-6-13-19(18)21(26)25(23-20)15-17-10-3-2-4-11-17/h2-6,10-13,16H,7-9,14-15H2,1H3/t16-/m1/s1. The van der Waals surface area contributed by atoms with Crippen LogP contribution in [0, 0.1) is 0 Å². The Kier molecular flexibility index (Phi) is 4.75. The van der Waals surface area contributed by atoms with Crippen molar-refractivity contribution in [2.75, 3.05) is 6.54 Å². The van der Waals surface area contributed by atoms with Gasteiger partial charge in [0.15, 0.2) is 5.69 Å². The van der Waals surface area contributed by atoms with Gasteiger partial charge >= 0.3 is 0 Å². The molecule has 1 aromatic heterocycles. The molecule has 1 fully saturated rings. The second-order valence-corrected chi connectivity index (χ2v) is 7.19. The molecule has 0 saturated carbocycles. The van der Waals surface area contributed by atoms with E-state index in [1.165, 1.54) is 4.68 Å². The summed E-state index contributed by atoms with van der Waals surface area (Å²) in [6, 6.07) is 17.2. The van der Waals surface area contributed by atoms with Crippen LogP contribution >= 0.6 is 0 Å². The van der Waals surface area contributed by atoms with E-state index in [2.05, 4.69) is 12.0 Å². The van der Waals surface area contributed by atoms with Crippen molar-refractivity contribution >= 4 is 16.7 Å². The van der Waals surface area contributed by atoms with Gasteiger partial charge < -0.3 is 4.90 Å². The number of aromatic nitrogens is 2. The molecule has 0 spiro atoms. The lowest BCUT2D eigenvalue weighted by molar-refractivity contribution is 0.0629. The second kappa shape index (κ2) is 7.35. The van der Waals surface area contributed by atoms with Crippen LogP contribution in [-0.4, -0.2) is 33.2 Å². The van der Waals surface area contributed by atoms with E-state index in [0.717, 1.165) is 31.4 Å². The number of piperidine rings is 1. The largest absolute Gasteiger partial charge is 0.335 e. The van der Waals surface area contributed by atoms with Crippen LogP contribution in [0.5, 0.6) is 0 Å². The summed E-state index contributed by atoms with van der Waals surface area (Å²) in [5.41, 5.74) is 1.18. The summed E-state index contributed by atoms with van der Waals surface area (Å²) < 4.78 is 1.42. The Hall–Kier alpha value is -2.95. The first kappa shape index (κ1) is 17.5. The van der Waals surface area contributed by atoms with E-state index in [1.807, 2.05) is 53.4 Å². The summed E-state index contributed by atoms with van der Waals surface area (Å²) in [5, 5.41) is 5.69. The first-order valence-electron chi connectivity index (χ1n) is 9.50. The van der Waals surface area contributed by atoms with E-state index >= 15 is 0 Å². The Labute approximate surface area is 158 Å². The van der Waals surface area contributed by atoms with E-state index in [-0.39, 0.29) is 17.5 Å². The minimum absolute atomic E-state index is 0.0831. The topological polar surface area (TPSA) is 55.2 Å². The molecule has 1 atom stereocenters. The Morgan fingerprint density at radius 1 is 1.04 bits per heavy atom. The molecule has 1 amide bonds. The van der Waals surface area contributed by atoms with Gasteiger partial charge in [0.05, 0.1) is 11.9 Å². The van der Waals surface area contributed by atoms with E-state index in [9.17, 15) is 9.59 Å². The Bertz CT molecular complexity index is 1030. The fourth-order valence-corrected chi connectivity index (χ4v) is 3.79. The van der Waals surface area contributed by atoms with Gasteiger partial charge in [-0.05, 0) is 37.8 Å². The minimum atomic E-state index is -0.169. The zero-order valence-corrected chi connectivity index (χ0v) is 15.5. The number of amides is 1. The third-order valence-electron chi connectivity index (χ3n) is 5.31. The fraction of sp³-hybridized carbons (Fsp3) is 0.318. The maximum absolute atomic E-state index is 13.3. The van der Waals surface area contributed by atoms with Gasteiger partial charge in [-0.2, -0.15) is 5.10 Å². The summed E-state index contributed by atoms with van der Waals surface area (Å²) in [5.74, 6) is -0.0831. The fourth-order valence-electron chi connectivity index (χ4n) is 3.79. The summed E-state index contributed by atoms with van der Waals surface area (Å²) in [6.45, 7) is 3.17. The number of hydrogen-bond donors (Lipinski definition) is 0. The van der Waals surface area contributed by atoms with Gasteiger partial charge in [-0.3, -0.25) is 9.59 Å². The van der Waals surface area contributed by atoms with Gasteiger partial charge in [0.1, 0.15) is 0 Å². The number of carbonyl (C=O) groups excluding carboxylic acids is 1. The van der Waals surface area contributed by atoms with Crippen molar-refractivity contribution in [3.05, 3.63) is 76.2 Å². The highest BCUT2D eigenvalue weighted by atomic mass is 16.2. The van der Waals surface area contributed by atoms with Gasteiger partial charge in [-0.25, -0.2) is 4.68 Å². The summed E-state index contributed by atoms with van der Waals surface area (Å²) in [4.78, 5) is 28.1. The number of likely N-dealkylation sites (tertiary alicyclic amines) is 1. The zero-order chi connectivity index (χ0) is 18.8. The molecular formula is C22H23N3O2. The lowest BCUT2D eigenvalue weighted by atomic mass is 10.0. The normalized spacial score (nSPS) is 17.2. The van der Waals surface area contributed by atoms with Crippen LogP contribution in [0.25, 0.3) is 10.8 Å². The van der Waals surface area contributed by atoms with Gasteiger partial charge in [-0.1, -0.05) is 48.5 Å². The molecule has 3 aromatic rings. The molecule has 4 rings (SSSR count). The molecule has 0 aliphatic carbocycles. The summed E-state index contributed by atoms with van der Waals surface area (Å²) in [7, 11) is 0. The van der Waals surface area contributed by atoms with Crippen molar-refractivity contribution in [3.63, 3.8) is 0 Å². The molecule has 5 heteroatoms. The average molecular weight is 361 g/mol. The third kappa shape index (κ3) is 3.37. The predicted octanol–water partition coefficient (Wildman–Crippen LogP) is 3.46. The van der Waals surface area contributed by atoms with E-state index in [1.54, 1.807) is 6.07 Å². The predicted molar refractivity (Wildman–Crippen MR) is 106 cm³/mol. The van der Waals surface area contributed by atoms with Gasteiger partial charge in [-0.15, -0.1) is 0 Å². The van der Waals surface area contributed by atoms with Crippen LogP contribution < -0.4 is 5.56 Å². The molecule has 138 valence electrons. The highest BCUT2D eigenvalue weighted by Gasteiger charge is 2.27. The van der Waals surface area contributed by atoms with Crippen LogP contribution in [-0.2, 0) is 6.54 Å². The molecule has 0 unspecified atom stereocenters. The van der Waals surface area contributed by atoms with Crippen LogP contribution in [0.4, 0.5) is 0 Å². The maximum atomic E-state index is 13.3. The molecule has 1 aliphatic rings. The minimum Gasteiger partial charge on any atom is -0.335 e. The maximum Gasteiger partial charge on any atom is 0.275 e. The van der Waals surface area contributed by atoms with E-state index in [4.69, 9.17) is 0 Å². The number of fused-ring (bicyclic) bond motifs is 1. The summed E-state index contributed by atoms with van der Waals surface area (Å²) in [6.07, 6.45) is 3.16. The lowest BCUT2D eigenvalue weighted by Gasteiger charge is -2.33. The van der Waals surface area contributed by atoms with Crippen molar-refractivity contribution in [1.29, 1.82) is 0 Å². The molecule has 0 radical (unpaired) electrons. The molecule has 5 nitrogen and oxygen atoms in total. The molecule has 0 bridgehead atoms. The van der Waals surface area contributed by atoms with Crippen LogP contribution in [0.15, 0.2) is 59.4 Å². The Balaban J connectivity index is 1.83. The van der Waals surface area contributed by atoms with Crippen LogP contribution in [0.3, 0.4) is 0 Å². The summed E-state index contributed by atoms with van der Waals surface area (Å²) >= 11 is 0. The Morgan fingerprint density at radius 3 is 2.48 bits per heavy atom. The second-order valence-electron chi connectivity index (χ2n) is 7.19. The molecule has 2 heterocycles. The molecular weight excluding hydrogens is 338 g/mol. The number of nitrogens with zero attached hydrogens (tertiary/aromatic N) is 3.